The largest absolute Gasteiger partial charge is 0.393 e. The fraction of sp³-hybridized carbons (Fsp3) is 0.769. The summed E-state index contributed by atoms with van der Waals surface area (Å²) in [7, 11) is 0. The summed E-state index contributed by atoms with van der Waals surface area (Å²) in [4.78, 5) is 26.2. The summed E-state index contributed by atoms with van der Waals surface area (Å²) in [5.41, 5.74) is 5.09. The highest BCUT2D eigenvalue weighted by atomic mass is 32.1. The number of carbonyl (C=O) groups is 2. The Morgan fingerprint density at radius 3 is 2.56 bits per heavy atom. The van der Waals surface area contributed by atoms with Gasteiger partial charge in [-0.2, -0.15) is 0 Å². The van der Waals surface area contributed by atoms with Crippen molar-refractivity contribution in [1.29, 1.82) is 0 Å². The molecule has 0 aromatic carbocycles. The van der Waals surface area contributed by atoms with Gasteiger partial charge in [-0.1, -0.05) is 25.1 Å². The topological polar surface area (TPSA) is 63.4 Å². The minimum atomic E-state index is -0.333. The summed E-state index contributed by atoms with van der Waals surface area (Å²) in [6, 6.07) is 0. The SMILES string of the molecule is NC(=S)CCCCN1C(=O)CC2(CCCC2)C1=O. The Balaban J connectivity index is 1.87. The van der Waals surface area contributed by atoms with E-state index in [1.807, 2.05) is 0 Å². The van der Waals surface area contributed by atoms with Crippen molar-refractivity contribution in [1.82, 2.24) is 4.90 Å². The smallest absolute Gasteiger partial charge is 0.235 e. The Morgan fingerprint density at radius 1 is 1.28 bits per heavy atom. The van der Waals surface area contributed by atoms with Crippen molar-refractivity contribution in [3.05, 3.63) is 0 Å². The van der Waals surface area contributed by atoms with E-state index >= 15 is 0 Å². The molecular formula is C13H20N2O2S. The van der Waals surface area contributed by atoms with E-state index in [0.717, 1.165) is 38.5 Å². The molecule has 4 nitrogen and oxygen atoms in total. The maximum absolute atomic E-state index is 12.3. The minimum Gasteiger partial charge on any atom is -0.393 e. The fourth-order valence-electron chi connectivity index (χ4n) is 3.10. The predicted molar refractivity (Wildman–Crippen MR) is 72.9 cm³/mol. The van der Waals surface area contributed by atoms with Crippen LogP contribution in [0.15, 0.2) is 0 Å². The van der Waals surface area contributed by atoms with Gasteiger partial charge in [0.15, 0.2) is 0 Å². The van der Waals surface area contributed by atoms with Crippen molar-refractivity contribution in [2.45, 2.75) is 51.4 Å². The first-order valence-corrected chi connectivity index (χ1v) is 7.09. The molecule has 18 heavy (non-hydrogen) atoms. The lowest BCUT2D eigenvalue weighted by molar-refractivity contribution is -0.141. The number of carbonyl (C=O) groups excluding carboxylic acids is 2. The Hall–Kier alpha value is -0.970. The molecule has 1 heterocycles. The molecule has 1 spiro atoms. The molecule has 0 atom stereocenters. The van der Waals surface area contributed by atoms with Crippen molar-refractivity contribution < 1.29 is 9.59 Å². The van der Waals surface area contributed by atoms with E-state index in [9.17, 15) is 9.59 Å². The highest BCUT2D eigenvalue weighted by molar-refractivity contribution is 7.80. The molecule has 1 aliphatic heterocycles. The molecule has 1 saturated carbocycles. The van der Waals surface area contributed by atoms with Gasteiger partial charge < -0.3 is 5.73 Å². The summed E-state index contributed by atoms with van der Waals surface area (Å²) < 4.78 is 0. The van der Waals surface area contributed by atoms with Crippen molar-refractivity contribution in [2.24, 2.45) is 11.1 Å². The summed E-state index contributed by atoms with van der Waals surface area (Å²) in [5.74, 6) is 0.0811. The van der Waals surface area contributed by atoms with Crippen LogP contribution in [-0.4, -0.2) is 28.2 Å². The number of nitrogens with zero attached hydrogens (tertiary/aromatic N) is 1. The summed E-state index contributed by atoms with van der Waals surface area (Å²) in [6.07, 6.45) is 6.70. The Labute approximate surface area is 113 Å². The highest BCUT2D eigenvalue weighted by Gasteiger charge is 2.52. The van der Waals surface area contributed by atoms with Crippen molar-refractivity contribution in [3.63, 3.8) is 0 Å². The Bertz CT molecular complexity index is 375. The minimum absolute atomic E-state index is 0.0113. The van der Waals surface area contributed by atoms with Crippen molar-refractivity contribution in [3.8, 4) is 0 Å². The number of nitrogens with two attached hydrogens (primary N) is 1. The number of amides is 2. The van der Waals surface area contributed by atoms with E-state index in [1.165, 1.54) is 4.90 Å². The third-order valence-electron chi connectivity index (χ3n) is 4.11. The van der Waals surface area contributed by atoms with Crippen LogP contribution in [0.25, 0.3) is 0 Å². The molecule has 0 radical (unpaired) electrons. The average Bonchev–Trinajstić information content (AvgIpc) is 2.85. The molecular weight excluding hydrogens is 248 g/mol. The standard InChI is InChI=1S/C13H20N2O2S/c14-10(18)5-1-4-8-15-11(16)9-13(12(15)17)6-2-3-7-13/h1-9H2,(H2,14,18). The lowest BCUT2D eigenvalue weighted by Gasteiger charge is -2.20. The summed E-state index contributed by atoms with van der Waals surface area (Å²) in [5, 5.41) is 0. The molecule has 0 bridgehead atoms. The van der Waals surface area contributed by atoms with Gasteiger partial charge in [-0.05, 0) is 32.1 Å². The zero-order valence-corrected chi connectivity index (χ0v) is 11.4. The van der Waals surface area contributed by atoms with Crippen LogP contribution in [0.4, 0.5) is 0 Å². The second-order valence-electron chi connectivity index (χ2n) is 5.44. The molecule has 1 saturated heterocycles. The van der Waals surface area contributed by atoms with Gasteiger partial charge in [0.2, 0.25) is 11.8 Å². The normalized spacial score (nSPS) is 22.1. The molecule has 2 amide bonds. The summed E-state index contributed by atoms with van der Waals surface area (Å²) >= 11 is 4.80. The molecule has 2 rings (SSSR count). The third-order valence-corrected chi connectivity index (χ3v) is 4.31. The number of thiocarbonyl (C=S) groups is 1. The summed E-state index contributed by atoms with van der Waals surface area (Å²) in [6.45, 7) is 0.530. The van der Waals surface area contributed by atoms with Gasteiger partial charge in [0.1, 0.15) is 0 Å². The van der Waals surface area contributed by atoms with Crippen LogP contribution >= 0.6 is 12.2 Å². The van der Waals surface area contributed by atoms with E-state index in [1.54, 1.807) is 0 Å². The van der Waals surface area contributed by atoms with E-state index < -0.39 is 0 Å². The number of imide groups is 1. The van der Waals surface area contributed by atoms with Crippen molar-refractivity contribution in [2.75, 3.05) is 6.54 Å². The first-order valence-electron chi connectivity index (χ1n) is 6.68. The molecule has 0 unspecified atom stereocenters. The lowest BCUT2D eigenvalue weighted by Crippen LogP contribution is -2.35. The number of hydrogen-bond donors (Lipinski definition) is 1. The quantitative estimate of drug-likeness (QED) is 0.469. The molecule has 2 fully saturated rings. The van der Waals surface area contributed by atoms with Crippen LogP contribution < -0.4 is 5.73 Å². The third kappa shape index (κ3) is 2.55. The number of unbranched alkanes of at least 4 members (excludes halogenated alkanes) is 1. The van der Waals surface area contributed by atoms with E-state index in [4.69, 9.17) is 18.0 Å². The zero-order chi connectivity index (χ0) is 13.2. The van der Waals surface area contributed by atoms with Crippen LogP contribution in [0.1, 0.15) is 51.4 Å². The van der Waals surface area contributed by atoms with E-state index in [-0.39, 0.29) is 17.2 Å². The molecule has 2 aliphatic rings. The second kappa shape index (κ2) is 5.34. The molecule has 2 N–H and O–H groups in total. The first-order chi connectivity index (χ1) is 8.55. The Kier molecular flexibility index (Phi) is 4.00. The van der Waals surface area contributed by atoms with Gasteiger partial charge in [0.25, 0.3) is 0 Å². The van der Waals surface area contributed by atoms with Gasteiger partial charge in [0, 0.05) is 13.0 Å². The van der Waals surface area contributed by atoms with Crippen LogP contribution in [-0.2, 0) is 9.59 Å². The number of likely N-dealkylation sites (tertiary alicyclic amines) is 1. The molecule has 1 aliphatic carbocycles. The van der Waals surface area contributed by atoms with Gasteiger partial charge in [-0.3, -0.25) is 14.5 Å². The molecule has 100 valence electrons. The molecule has 0 aromatic rings. The van der Waals surface area contributed by atoms with Crippen LogP contribution in [0.2, 0.25) is 0 Å². The molecule has 5 heteroatoms. The van der Waals surface area contributed by atoms with E-state index in [0.29, 0.717) is 24.4 Å². The van der Waals surface area contributed by atoms with Gasteiger partial charge >= 0.3 is 0 Å². The van der Waals surface area contributed by atoms with Crippen LogP contribution in [0.3, 0.4) is 0 Å². The lowest BCUT2D eigenvalue weighted by atomic mass is 9.84. The van der Waals surface area contributed by atoms with Crippen LogP contribution in [0, 0.1) is 5.41 Å². The first kappa shape index (κ1) is 13.5. The molecule has 0 aromatic heterocycles. The van der Waals surface area contributed by atoms with Gasteiger partial charge in [-0.25, -0.2) is 0 Å². The predicted octanol–water partition coefficient (Wildman–Crippen LogP) is 1.76. The van der Waals surface area contributed by atoms with Gasteiger partial charge in [0.05, 0.1) is 10.4 Å². The zero-order valence-electron chi connectivity index (χ0n) is 10.6. The Morgan fingerprint density at radius 2 is 1.94 bits per heavy atom. The van der Waals surface area contributed by atoms with Crippen LogP contribution in [0.5, 0.6) is 0 Å². The monoisotopic (exact) mass is 268 g/mol. The van der Waals surface area contributed by atoms with E-state index in [2.05, 4.69) is 0 Å². The highest BCUT2D eigenvalue weighted by Crippen LogP contribution is 2.46. The van der Waals surface area contributed by atoms with Gasteiger partial charge in [-0.15, -0.1) is 0 Å². The maximum Gasteiger partial charge on any atom is 0.235 e. The second-order valence-corrected chi connectivity index (χ2v) is 5.96. The number of hydrogen-bond acceptors (Lipinski definition) is 3. The average molecular weight is 268 g/mol. The fourth-order valence-corrected chi connectivity index (χ4v) is 3.24. The van der Waals surface area contributed by atoms with Crippen molar-refractivity contribution >= 4 is 29.0 Å². The number of rotatable bonds is 5. The maximum atomic E-state index is 12.3.